The van der Waals surface area contributed by atoms with Gasteiger partial charge in [-0.25, -0.2) is 4.98 Å². The second-order valence-corrected chi connectivity index (χ2v) is 5.05. The van der Waals surface area contributed by atoms with Gasteiger partial charge in [0.2, 0.25) is 11.8 Å². The van der Waals surface area contributed by atoms with Crippen LogP contribution in [0.25, 0.3) is 0 Å². The summed E-state index contributed by atoms with van der Waals surface area (Å²) in [6.45, 7) is 8.34. The molecule has 2 rings (SSSR count). The molecule has 1 saturated heterocycles. The minimum absolute atomic E-state index is 0.0619. The zero-order valence-corrected chi connectivity index (χ0v) is 11.4. The summed E-state index contributed by atoms with van der Waals surface area (Å²) in [5.74, 6) is 1.38. The van der Waals surface area contributed by atoms with Crippen LogP contribution in [0.15, 0.2) is 6.07 Å². The molecule has 2 N–H and O–H groups in total. The summed E-state index contributed by atoms with van der Waals surface area (Å²) < 4.78 is 5.44. The number of hydrogen-bond donors (Lipinski definition) is 1. The molecule has 18 heavy (non-hydrogen) atoms. The Labute approximate surface area is 108 Å². The van der Waals surface area contributed by atoms with Crippen LogP contribution in [0.3, 0.4) is 0 Å². The van der Waals surface area contributed by atoms with Gasteiger partial charge in [0, 0.05) is 24.8 Å². The summed E-state index contributed by atoms with van der Waals surface area (Å²) in [7, 11) is 0. The van der Waals surface area contributed by atoms with E-state index in [4.69, 9.17) is 10.5 Å². The van der Waals surface area contributed by atoms with E-state index in [1.807, 2.05) is 19.9 Å². The van der Waals surface area contributed by atoms with Gasteiger partial charge in [-0.3, -0.25) is 0 Å². The van der Waals surface area contributed by atoms with Crippen molar-refractivity contribution < 1.29 is 4.74 Å². The highest BCUT2D eigenvalue weighted by Gasteiger charge is 2.39. The van der Waals surface area contributed by atoms with Gasteiger partial charge in [-0.15, -0.1) is 0 Å². The highest BCUT2D eigenvalue weighted by molar-refractivity contribution is 5.40. The van der Waals surface area contributed by atoms with E-state index in [0.717, 1.165) is 37.6 Å². The van der Waals surface area contributed by atoms with E-state index in [0.29, 0.717) is 12.5 Å². The fraction of sp³-hybridized carbons (Fsp3) is 0.692. The highest BCUT2D eigenvalue weighted by atomic mass is 16.5. The molecule has 0 aromatic carbocycles. The standard InChI is InChI=1S/C13H22N4O/c1-4-6-13(14)8-17(9-13)12-15-10(3)7-11(16-12)18-5-2/h7H,4-6,8-9,14H2,1-3H3. The molecule has 1 aliphatic heterocycles. The number of aromatic nitrogens is 2. The lowest BCUT2D eigenvalue weighted by Crippen LogP contribution is -2.67. The van der Waals surface area contributed by atoms with Gasteiger partial charge in [-0.05, 0) is 20.3 Å². The number of nitrogens with zero attached hydrogens (tertiary/aromatic N) is 3. The Morgan fingerprint density at radius 3 is 2.72 bits per heavy atom. The molecule has 0 radical (unpaired) electrons. The van der Waals surface area contributed by atoms with Crippen molar-refractivity contribution >= 4 is 5.95 Å². The van der Waals surface area contributed by atoms with Crippen molar-refractivity contribution in [1.82, 2.24) is 9.97 Å². The van der Waals surface area contributed by atoms with Gasteiger partial charge in [0.05, 0.1) is 12.1 Å². The normalized spacial score (nSPS) is 17.4. The monoisotopic (exact) mass is 250 g/mol. The van der Waals surface area contributed by atoms with E-state index in [-0.39, 0.29) is 5.54 Å². The Morgan fingerprint density at radius 1 is 1.39 bits per heavy atom. The molecule has 5 nitrogen and oxygen atoms in total. The first-order valence-corrected chi connectivity index (χ1v) is 6.58. The Bertz CT molecular complexity index is 415. The Balaban J connectivity index is 2.07. The molecule has 1 aromatic rings. The predicted molar refractivity (Wildman–Crippen MR) is 72.0 cm³/mol. The summed E-state index contributed by atoms with van der Waals surface area (Å²) in [4.78, 5) is 11.0. The molecule has 0 unspecified atom stereocenters. The third-order valence-corrected chi connectivity index (χ3v) is 3.15. The van der Waals surface area contributed by atoms with E-state index < -0.39 is 0 Å². The molecule has 1 aromatic heterocycles. The maximum absolute atomic E-state index is 6.25. The molecule has 0 aliphatic carbocycles. The number of ether oxygens (including phenoxy) is 1. The second-order valence-electron chi connectivity index (χ2n) is 5.05. The van der Waals surface area contributed by atoms with Crippen molar-refractivity contribution in [1.29, 1.82) is 0 Å². The summed E-state index contributed by atoms with van der Waals surface area (Å²) in [5, 5.41) is 0. The quantitative estimate of drug-likeness (QED) is 0.858. The largest absolute Gasteiger partial charge is 0.478 e. The number of aryl methyl sites for hydroxylation is 1. The van der Waals surface area contributed by atoms with E-state index in [1.54, 1.807) is 0 Å². The van der Waals surface area contributed by atoms with E-state index >= 15 is 0 Å². The molecule has 0 spiro atoms. The fourth-order valence-corrected chi connectivity index (χ4v) is 2.40. The average molecular weight is 250 g/mol. The smallest absolute Gasteiger partial charge is 0.228 e. The van der Waals surface area contributed by atoms with Crippen LogP contribution in [-0.2, 0) is 0 Å². The van der Waals surface area contributed by atoms with Crippen LogP contribution in [0.1, 0.15) is 32.4 Å². The number of rotatable bonds is 5. The minimum Gasteiger partial charge on any atom is -0.478 e. The first-order chi connectivity index (χ1) is 8.56. The van der Waals surface area contributed by atoms with Crippen molar-refractivity contribution in [2.75, 3.05) is 24.6 Å². The maximum atomic E-state index is 6.25. The van der Waals surface area contributed by atoms with Crippen molar-refractivity contribution in [3.8, 4) is 5.88 Å². The Kier molecular flexibility index (Phi) is 3.71. The van der Waals surface area contributed by atoms with Crippen molar-refractivity contribution in [2.45, 2.75) is 39.2 Å². The van der Waals surface area contributed by atoms with Gasteiger partial charge in [-0.1, -0.05) is 13.3 Å². The van der Waals surface area contributed by atoms with Crippen LogP contribution in [0, 0.1) is 6.92 Å². The van der Waals surface area contributed by atoms with Gasteiger partial charge < -0.3 is 15.4 Å². The lowest BCUT2D eigenvalue weighted by Gasteiger charge is -2.47. The van der Waals surface area contributed by atoms with Gasteiger partial charge in [0.15, 0.2) is 0 Å². The lowest BCUT2D eigenvalue weighted by molar-refractivity contribution is 0.298. The Morgan fingerprint density at radius 2 is 2.11 bits per heavy atom. The van der Waals surface area contributed by atoms with Gasteiger partial charge in [-0.2, -0.15) is 4.98 Å². The maximum Gasteiger partial charge on any atom is 0.228 e. The second kappa shape index (κ2) is 5.10. The summed E-state index contributed by atoms with van der Waals surface area (Å²) in [5.41, 5.74) is 7.11. The van der Waals surface area contributed by atoms with Crippen LogP contribution in [0.5, 0.6) is 5.88 Å². The molecule has 1 aliphatic rings. The van der Waals surface area contributed by atoms with Gasteiger partial charge in [0.25, 0.3) is 0 Å². The molecule has 1 fully saturated rings. The van der Waals surface area contributed by atoms with Crippen LogP contribution in [0.2, 0.25) is 0 Å². The third-order valence-electron chi connectivity index (χ3n) is 3.15. The Hall–Kier alpha value is -1.36. The predicted octanol–water partition coefficient (Wildman–Crippen LogP) is 1.50. The molecule has 5 heteroatoms. The molecular formula is C13H22N4O. The van der Waals surface area contributed by atoms with Crippen molar-refractivity contribution in [3.63, 3.8) is 0 Å². The highest BCUT2D eigenvalue weighted by Crippen LogP contribution is 2.27. The van der Waals surface area contributed by atoms with Crippen molar-refractivity contribution in [2.24, 2.45) is 5.73 Å². The minimum atomic E-state index is -0.0619. The summed E-state index contributed by atoms with van der Waals surface area (Å²) >= 11 is 0. The lowest BCUT2D eigenvalue weighted by atomic mass is 9.87. The average Bonchev–Trinajstić information content (AvgIpc) is 2.25. The first kappa shape index (κ1) is 13.1. The molecule has 0 saturated carbocycles. The fourth-order valence-electron chi connectivity index (χ4n) is 2.40. The van der Waals surface area contributed by atoms with Gasteiger partial charge >= 0.3 is 0 Å². The van der Waals surface area contributed by atoms with Crippen LogP contribution in [0.4, 0.5) is 5.95 Å². The number of anilines is 1. The summed E-state index contributed by atoms with van der Waals surface area (Å²) in [6.07, 6.45) is 2.16. The molecular weight excluding hydrogens is 228 g/mol. The molecule has 100 valence electrons. The first-order valence-electron chi connectivity index (χ1n) is 6.58. The SMILES string of the molecule is CCCC1(N)CN(c2nc(C)cc(OCC)n2)C1. The van der Waals surface area contributed by atoms with E-state index in [9.17, 15) is 0 Å². The third kappa shape index (κ3) is 2.72. The molecule has 0 bridgehead atoms. The zero-order chi connectivity index (χ0) is 13.2. The number of nitrogens with two attached hydrogens (primary N) is 1. The van der Waals surface area contributed by atoms with Gasteiger partial charge in [0.1, 0.15) is 0 Å². The molecule has 2 heterocycles. The van der Waals surface area contributed by atoms with Crippen LogP contribution in [-0.4, -0.2) is 35.2 Å². The molecule has 0 atom stereocenters. The zero-order valence-electron chi connectivity index (χ0n) is 11.4. The van der Waals surface area contributed by atoms with E-state index in [1.165, 1.54) is 0 Å². The molecule has 0 amide bonds. The van der Waals surface area contributed by atoms with E-state index in [2.05, 4.69) is 21.8 Å². The van der Waals surface area contributed by atoms with Crippen molar-refractivity contribution in [3.05, 3.63) is 11.8 Å². The number of hydrogen-bond acceptors (Lipinski definition) is 5. The summed E-state index contributed by atoms with van der Waals surface area (Å²) in [6, 6.07) is 1.86. The van der Waals surface area contributed by atoms with Crippen LogP contribution < -0.4 is 15.4 Å². The van der Waals surface area contributed by atoms with Crippen LogP contribution >= 0.6 is 0 Å². The topological polar surface area (TPSA) is 64.3 Å².